The van der Waals surface area contributed by atoms with E-state index in [1.54, 1.807) is 25.1 Å². The maximum atomic E-state index is 12.4. The van der Waals surface area contributed by atoms with E-state index in [0.717, 1.165) is 15.9 Å². The molecule has 0 aliphatic carbocycles. The van der Waals surface area contributed by atoms with E-state index in [9.17, 15) is 4.79 Å². The zero-order chi connectivity index (χ0) is 13.8. The molecule has 0 aliphatic rings. The first-order valence-electron chi connectivity index (χ1n) is 5.80. The molecule has 3 nitrogen and oxygen atoms in total. The number of carbonyl (C=O) groups excluding carboxylic acids is 1. The molecule has 0 fully saturated rings. The van der Waals surface area contributed by atoms with Crippen LogP contribution in [0.1, 0.15) is 10.4 Å². The Morgan fingerprint density at radius 3 is 2.32 bits per heavy atom. The number of methoxy groups -OCH3 is 1. The van der Waals surface area contributed by atoms with Gasteiger partial charge < -0.3 is 9.64 Å². The van der Waals surface area contributed by atoms with Gasteiger partial charge in [-0.25, -0.2) is 0 Å². The second-order valence-corrected chi connectivity index (χ2v) is 4.90. The van der Waals surface area contributed by atoms with Gasteiger partial charge in [-0.1, -0.05) is 12.1 Å². The van der Waals surface area contributed by atoms with Gasteiger partial charge in [-0.3, -0.25) is 4.79 Å². The Morgan fingerprint density at radius 1 is 1.11 bits per heavy atom. The van der Waals surface area contributed by atoms with Crippen molar-refractivity contribution in [3.05, 3.63) is 58.6 Å². The van der Waals surface area contributed by atoms with Crippen LogP contribution in [0, 0.1) is 0 Å². The number of hydrogen-bond donors (Lipinski definition) is 0. The Hall–Kier alpha value is -1.81. The molecule has 0 heterocycles. The van der Waals surface area contributed by atoms with Crippen molar-refractivity contribution in [2.75, 3.05) is 19.1 Å². The summed E-state index contributed by atoms with van der Waals surface area (Å²) in [7, 11) is 3.37. The van der Waals surface area contributed by atoms with Crippen LogP contribution in [0.15, 0.2) is 53.0 Å². The van der Waals surface area contributed by atoms with Crippen molar-refractivity contribution >= 4 is 27.5 Å². The number of halogens is 1. The molecule has 0 saturated heterocycles. The van der Waals surface area contributed by atoms with Crippen molar-refractivity contribution in [1.29, 1.82) is 0 Å². The van der Waals surface area contributed by atoms with Crippen LogP contribution < -0.4 is 9.64 Å². The highest BCUT2D eigenvalue weighted by Crippen LogP contribution is 2.22. The summed E-state index contributed by atoms with van der Waals surface area (Å²) >= 11 is 3.39. The van der Waals surface area contributed by atoms with Gasteiger partial charge in [0.2, 0.25) is 0 Å². The lowest BCUT2D eigenvalue weighted by molar-refractivity contribution is 0.0992. The van der Waals surface area contributed by atoms with Crippen molar-refractivity contribution in [3.63, 3.8) is 0 Å². The van der Waals surface area contributed by atoms with Gasteiger partial charge in [-0.15, -0.1) is 0 Å². The van der Waals surface area contributed by atoms with E-state index in [0.29, 0.717) is 5.56 Å². The minimum absolute atomic E-state index is 0.0577. The molecule has 2 rings (SSSR count). The van der Waals surface area contributed by atoms with E-state index in [4.69, 9.17) is 4.74 Å². The summed E-state index contributed by atoms with van der Waals surface area (Å²) in [6, 6.07) is 14.8. The molecule has 0 N–H and O–H groups in total. The van der Waals surface area contributed by atoms with Crippen molar-refractivity contribution in [2.24, 2.45) is 0 Å². The van der Waals surface area contributed by atoms with Gasteiger partial charge in [0.15, 0.2) is 0 Å². The lowest BCUT2D eigenvalue weighted by Crippen LogP contribution is -2.26. The molecule has 0 radical (unpaired) electrons. The molecule has 0 aliphatic heterocycles. The molecule has 0 spiro atoms. The zero-order valence-electron chi connectivity index (χ0n) is 10.8. The highest BCUT2D eigenvalue weighted by atomic mass is 79.9. The highest BCUT2D eigenvalue weighted by molar-refractivity contribution is 9.10. The summed E-state index contributed by atoms with van der Waals surface area (Å²) in [5, 5.41) is 0. The maximum absolute atomic E-state index is 12.4. The number of hydrogen-bond acceptors (Lipinski definition) is 2. The van der Waals surface area contributed by atoms with Crippen LogP contribution in [-0.2, 0) is 0 Å². The van der Waals surface area contributed by atoms with Gasteiger partial charge in [0.25, 0.3) is 5.91 Å². The lowest BCUT2D eigenvalue weighted by Gasteiger charge is -2.18. The molecule has 2 aromatic carbocycles. The van der Waals surface area contributed by atoms with Gasteiger partial charge in [0.05, 0.1) is 12.7 Å². The first-order chi connectivity index (χ1) is 9.13. The van der Waals surface area contributed by atoms with Crippen molar-refractivity contribution in [3.8, 4) is 5.75 Å². The van der Waals surface area contributed by atoms with Crippen molar-refractivity contribution in [1.82, 2.24) is 0 Å². The SMILES string of the molecule is COc1ccc(N(C)C(=O)c2ccccc2Br)cc1. The summed E-state index contributed by atoms with van der Waals surface area (Å²) in [6.45, 7) is 0. The first kappa shape index (κ1) is 13.6. The van der Waals surface area contributed by atoms with E-state index in [1.165, 1.54) is 0 Å². The molecule has 0 atom stereocenters. The predicted octanol–water partition coefficient (Wildman–Crippen LogP) is 3.73. The molecular weight excluding hydrogens is 306 g/mol. The minimum atomic E-state index is -0.0577. The van der Waals surface area contributed by atoms with E-state index < -0.39 is 0 Å². The van der Waals surface area contributed by atoms with E-state index in [2.05, 4.69) is 15.9 Å². The number of rotatable bonds is 3. The highest BCUT2D eigenvalue weighted by Gasteiger charge is 2.15. The molecule has 2 aromatic rings. The Labute approximate surface area is 120 Å². The Morgan fingerprint density at radius 2 is 1.74 bits per heavy atom. The summed E-state index contributed by atoms with van der Waals surface area (Å²) in [6.07, 6.45) is 0. The molecular formula is C15H14BrNO2. The molecule has 19 heavy (non-hydrogen) atoms. The molecule has 4 heteroatoms. The monoisotopic (exact) mass is 319 g/mol. The number of amides is 1. The second kappa shape index (κ2) is 5.89. The lowest BCUT2D eigenvalue weighted by atomic mass is 10.2. The topological polar surface area (TPSA) is 29.5 Å². The van der Waals surface area contributed by atoms with E-state index >= 15 is 0 Å². The van der Waals surface area contributed by atoms with E-state index in [-0.39, 0.29) is 5.91 Å². The first-order valence-corrected chi connectivity index (χ1v) is 6.59. The fourth-order valence-corrected chi connectivity index (χ4v) is 2.19. The number of benzene rings is 2. The molecule has 1 amide bonds. The van der Waals surface area contributed by atoms with E-state index in [1.807, 2.05) is 42.5 Å². The van der Waals surface area contributed by atoms with Crippen LogP contribution in [-0.4, -0.2) is 20.1 Å². The van der Waals surface area contributed by atoms with Crippen molar-refractivity contribution < 1.29 is 9.53 Å². The van der Waals surface area contributed by atoms with Crippen LogP contribution in [0.4, 0.5) is 5.69 Å². The minimum Gasteiger partial charge on any atom is -0.497 e. The number of ether oxygens (including phenoxy) is 1. The number of nitrogens with zero attached hydrogens (tertiary/aromatic N) is 1. The summed E-state index contributed by atoms with van der Waals surface area (Å²) in [5.41, 5.74) is 1.46. The fourth-order valence-electron chi connectivity index (χ4n) is 1.74. The molecule has 0 bridgehead atoms. The summed E-state index contributed by atoms with van der Waals surface area (Å²) in [5.74, 6) is 0.711. The van der Waals surface area contributed by atoms with Crippen LogP contribution in [0.2, 0.25) is 0 Å². The quantitative estimate of drug-likeness (QED) is 0.862. The molecule has 98 valence electrons. The average Bonchev–Trinajstić information content (AvgIpc) is 2.46. The van der Waals surface area contributed by atoms with Gasteiger partial charge in [-0.2, -0.15) is 0 Å². The maximum Gasteiger partial charge on any atom is 0.259 e. The van der Waals surface area contributed by atoms with Crippen LogP contribution in [0.3, 0.4) is 0 Å². The third-order valence-electron chi connectivity index (χ3n) is 2.87. The normalized spacial score (nSPS) is 10.1. The predicted molar refractivity (Wildman–Crippen MR) is 79.9 cm³/mol. The van der Waals surface area contributed by atoms with Gasteiger partial charge >= 0.3 is 0 Å². The number of carbonyl (C=O) groups is 1. The Bertz CT molecular complexity index is 581. The average molecular weight is 320 g/mol. The second-order valence-electron chi connectivity index (χ2n) is 4.04. The molecule has 0 unspecified atom stereocenters. The third kappa shape index (κ3) is 2.96. The molecule has 0 aromatic heterocycles. The Balaban J connectivity index is 2.26. The largest absolute Gasteiger partial charge is 0.497 e. The zero-order valence-corrected chi connectivity index (χ0v) is 12.3. The van der Waals surface area contributed by atoms with Crippen LogP contribution in [0.25, 0.3) is 0 Å². The number of anilines is 1. The third-order valence-corrected chi connectivity index (χ3v) is 3.56. The van der Waals surface area contributed by atoms with Crippen LogP contribution >= 0.6 is 15.9 Å². The van der Waals surface area contributed by atoms with Gasteiger partial charge in [0, 0.05) is 17.2 Å². The smallest absolute Gasteiger partial charge is 0.259 e. The van der Waals surface area contributed by atoms with Gasteiger partial charge in [-0.05, 0) is 52.3 Å². The van der Waals surface area contributed by atoms with Gasteiger partial charge in [0.1, 0.15) is 5.75 Å². The summed E-state index contributed by atoms with van der Waals surface area (Å²) in [4.78, 5) is 14.0. The fraction of sp³-hybridized carbons (Fsp3) is 0.133. The summed E-state index contributed by atoms with van der Waals surface area (Å²) < 4.78 is 5.89. The van der Waals surface area contributed by atoms with Crippen molar-refractivity contribution in [2.45, 2.75) is 0 Å². The molecule has 0 saturated carbocycles. The standard InChI is InChI=1S/C15H14BrNO2/c1-17(11-7-9-12(19-2)10-8-11)15(18)13-5-3-4-6-14(13)16/h3-10H,1-2H3. The van der Waals surface area contributed by atoms with Crippen LogP contribution in [0.5, 0.6) is 5.75 Å². The Kier molecular flexibility index (Phi) is 4.22.